The zero-order chi connectivity index (χ0) is 10.8. The Morgan fingerprint density at radius 1 is 1.33 bits per heavy atom. The van der Waals surface area contributed by atoms with E-state index in [1.165, 1.54) is 0 Å². The summed E-state index contributed by atoms with van der Waals surface area (Å²) >= 11 is 11.9. The van der Waals surface area contributed by atoms with Gasteiger partial charge in [0.05, 0.1) is 11.9 Å². The van der Waals surface area contributed by atoms with Crippen molar-refractivity contribution in [3.63, 3.8) is 0 Å². The van der Waals surface area contributed by atoms with Gasteiger partial charge in [-0.15, -0.1) is 0 Å². The number of benzene rings is 1. The Bertz CT molecular complexity index is 477. The summed E-state index contributed by atoms with van der Waals surface area (Å²) in [5.74, 6) is 0. The average molecular weight is 241 g/mol. The van der Waals surface area contributed by atoms with E-state index in [9.17, 15) is 0 Å². The fourth-order valence-corrected chi connectivity index (χ4v) is 1.98. The molecule has 0 saturated carbocycles. The Kier molecular flexibility index (Phi) is 2.98. The van der Waals surface area contributed by atoms with Crippen LogP contribution in [-0.2, 0) is 6.54 Å². The smallest absolute Gasteiger partial charge is 0.203 e. The predicted octanol–water partition coefficient (Wildman–Crippen LogP) is 3.88. The van der Waals surface area contributed by atoms with E-state index in [1.54, 1.807) is 6.20 Å². The van der Waals surface area contributed by atoms with E-state index in [-0.39, 0.29) is 0 Å². The van der Waals surface area contributed by atoms with Crippen LogP contribution >= 0.6 is 23.2 Å². The van der Waals surface area contributed by atoms with Gasteiger partial charge in [0.25, 0.3) is 0 Å². The minimum atomic E-state index is 0.507. The van der Waals surface area contributed by atoms with Crippen molar-refractivity contribution < 1.29 is 0 Å². The topological polar surface area (TPSA) is 17.8 Å². The van der Waals surface area contributed by atoms with Crippen molar-refractivity contribution in [2.75, 3.05) is 0 Å². The molecule has 0 fully saturated rings. The first-order chi connectivity index (χ1) is 7.22. The Balaban J connectivity index is 2.54. The highest BCUT2D eigenvalue weighted by Crippen LogP contribution is 2.25. The number of halogens is 2. The molecule has 0 saturated heterocycles. The second-order valence-corrected chi connectivity index (χ2v) is 3.94. The summed E-state index contributed by atoms with van der Waals surface area (Å²) in [6, 6.07) is 7.66. The Morgan fingerprint density at radius 2 is 2.13 bits per heavy atom. The molecule has 1 heterocycles. The van der Waals surface area contributed by atoms with Crippen LogP contribution in [0.25, 0.3) is 11.3 Å². The highest BCUT2D eigenvalue weighted by atomic mass is 35.5. The van der Waals surface area contributed by atoms with E-state index >= 15 is 0 Å². The monoisotopic (exact) mass is 240 g/mol. The van der Waals surface area contributed by atoms with Crippen molar-refractivity contribution in [1.82, 2.24) is 9.55 Å². The first-order valence-corrected chi connectivity index (χ1v) is 5.45. The molecule has 0 atom stereocenters. The summed E-state index contributed by atoms with van der Waals surface area (Å²) in [6.07, 6.45) is 1.76. The van der Waals surface area contributed by atoms with Gasteiger partial charge in [0.15, 0.2) is 0 Å². The molecule has 15 heavy (non-hydrogen) atoms. The molecular weight excluding hydrogens is 231 g/mol. The van der Waals surface area contributed by atoms with Crippen molar-refractivity contribution in [3.05, 3.63) is 40.8 Å². The lowest BCUT2D eigenvalue weighted by atomic mass is 10.2. The molecule has 1 aromatic carbocycles. The molecule has 0 bridgehead atoms. The van der Waals surface area contributed by atoms with Gasteiger partial charge in [0, 0.05) is 17.1 Å². The Morgan fingerprint density at radius 3 is 2.80 bits per heavy atom. The zero-order valence-corrected chi connectivity index (χ0v) is 9.76. The summed E-state index contributed by atoms with van der Waals surface area (Å²) in [4.78, 5) is 4.08. The molecular formula is C11H10Cl2N2. The van der Waals surface area contributed by atoms with Crippen molar-refractivity contribution in [3.8, 4) is 11.3 Å². The van der Waals surface area contributed by atoms with E-state index in [4.69, 9.17) is 23.2 Å². The van der Waals surface area contributed by atoms with Gasteiger partial charge < -0.3 is 4.57 Å². The minimum absolute atomic E-state index is 0.507. The number of hydrogen-bond acceptors (Lipinski definition) is 1. The van der Waals surface area contributed by atoms with Gasteiger partial charge in [-0.3, -0.25) is 0 Å². The molecule has 0 spiro atoms. The molecule has 1 aromatic heterocycles. The van der Waals surface area contributed by atoms with Crippen molar-refractivity contribution >= 4 is 23.2 Å². The fraction of sp³-hybridized carbons (Fsp3) is 0.182. The molecule has 0 radical (unpaired) electrons. The molecule has 0 N–H and O–H groups in total. The van der Waals surface area contributed by atoms with Crippen LogP contribution < -0.4 is 0 Å². The average Bonchev–Trinajstić information content (AvgIpc) is 2.59. The number of imidazole rings is 1. The SMILES string of the molecule is CCn1c(-c2cccc(Cl)c2)cnc1Cl. The molecule has 0 aliphatic rings. The number of nitrogens with zero attached hydrogens (tertiary/aromatic N) is 2. The van der Waals surface area contributed by atoms with Crippen LogP contribution in [0.1, 0.15) is 6.92 Å². The Labute approximate surface area is 98.5 Å². The van der Waals surface area contributed by atoms with Crippen molar-refractivity contribution in [1.29, 1.82) is 0 Å². The van der Waals surface area contributed by atoms with E-state index < -0.39 is 0 Å². The van der Waals surface area contributed by atoms with Gasteiger partial charge in [-0.05, 0) is 30.7 Å². The normalized spacial score (nSPS) is 10.6. The standard InChI is InChI=1S/C11H10Cl2N2/c1-2-15-10(7-14-11(15)13)8-4-3-5-9(12)6-8/h3-7H,2H2,1H3. The van der Waals surface area contributed by atoms with Gasteiger partial charge in [-0.2, -0.15) is 0 Å². The van der Waals surface area contributed by atoms with Crippen LogP contribution in [-0.4, -0.2) is 9.55 Å². The molecule has 0 aliphatic heterocycles. The van der Waals surface area contributed by atoms with Gasteiger partial charge in [-0.25, -0.2) is 4.98 Å². The number of hydrogen-bond donors (Lipinski definition) is 0. The molecule has 4 heteroatoms. The Hall–Kier alpha value is -0.990. The third-order valence-electron chi connectivity index (χ3n) is 2.24. The zero-order valence-electron chi connectivity index (χ0n) is 8.24. The maximum atomic E-state index is 5.95. The van der Waals surface area contributed by atoms with Crippen LogP contribution in [0.15, 0.2) is 30.5 Å². The molecule has 0 unspecified atom stereocenters. The van der Waals surface area contributed by atoms with Crippen LogP contribution in [0.4, 0.5) is 0 Å². The third kappa shape index (κ3) is 2.01. The second kappa shape index (κ2) is 4.25. The van der Waals surface area contributed by atoms with E-state index in [0.29, 0.717) is 10.3 Å². The maximum Gasteiger partial charge on any atom is 0.203 e. The summed E-state index contributed by atoms with van der Waals surface area (Å²) in [5.41, 5.74) is 2.02. The van der Waals surface area contributed by atoms with Crippen LogP contribution in [0.5, 0.6) is 0 Å². The van der Waals surface area contributed by atoms with E-state index in [0.717, 1.165) is 17.8 Å². The lowest BCUT2D eigenvalue weighted by Gasteiger charge is -2.06. The lowest BCUT2D eigenvalue weighted by molar-refractivity contribution is 0.770. The van der Waals surface area contributed by atoms with Crippen molar-refractivity contribution in [2.45, 2.75) is 13.5 Å². The van der Waals surface area contributed by atoms with Gasteiger partial charge in [0.2, 0.25) is 5.28 Å². The number of rotatable bonds is 2. The second-order valence-electron chi connectivity index (χ2n) is 3.17. The van der Waals surface area contributed by atoms with Crippen LogP contribution in [0.3, 0.4) is 0 Å². The summed E-state index contributed by atoms with van der Waals surface area (Å²) in [7, 11) is 0. The number of aromatic nitrogens is 2. The summed E-state index contributed by atoms with van der Waals surface area (Å²) in [5, 5.41) is 1.22. The fourth-order valence-electron chi connectivity index (χ4n) is 1.53. The van der Waals surface area contributed by atoms with Crippen molar-refractivity contribution in [2.24, 2.45) is 0 Å². The first-order valence-electron chi connectivity index (χ1n) is 4.69. The molecule has 2 nitrogen and oxygen atoms in total. The van der Waals surface area contributed by atoms with Gasteiger partial charge >= 0.3 is 0 Å². The highest BCUT2D eigenvalue weighted by molar-refractivity contribution is 6.31. The predicted molar refractivity (Wildman–Crippen MR) is 63.4 cm³/mol. The molecule has 2 rings (SSSR count). The highest BCUT2D eigenvalue weighted by Gasteiger charge is 2.08. The lowest BCUT2D eigenvalue weighted by Crippen LogP contribution is -1.96. The quantitative estimate of drug-likeness (QED) is 0.780. The van der Waals surface area contributed by atoms with Crippen LogP contribution in [0, 0.1) is 0 Å². The molecule has 78 valence electrons. The third-order valence-corrected chi connectivity index (χ3v) is 2.78. The summed E-state index contributed by atoms with van der Waals surface area (Å²) in [6.45, 7) is 2.82. The minimum Gasteiger partial charge on any atom is -0.315 e. The van der Waals surface area contributed by atoms with Gasteiger partial charge in [0.1, 0.15) is 0 Å². The summed E-state index contributed by atoms with van der Waals surface area (Å²) < 4.78 is 1.94. The first kappa shape index (κ1) is 10.5. The molecule has 0 amide bonds. The molecule has 2 aromatic rings. The van der Waals surface area contributed by atoms with E-state index in [2.05, 4.69) is 4.98 Å². The van der Waals surface area contributed by atoms with Gasteiger partial charge in [-0.1, -0.05) is 23.7 Å². The van der Waals surface area contributed by atoms with E-state index in [1.807, 2.05) is 35.8 Å². The maximum absolute atomic E-state index is 5.95. The largest absolute Gasteiger partial charge is 0.315 e. The molecule has 0 aliphatic carbocycles. The van der Waals surface area contributed by atoms with Crippen LogP contribution in [0.2, 0.25) is 10.3 Å².